The second kappa shape index (κ2) is 18.2. The van der Waals surface area contributed by atoms with Crippen molar-refractivity contribution >= 4 is 11.9 Å². The van der Waals surface area contributed by atoms with Gasteiger partial charge in [-0.15, -0.1) is 0 Å². The van der Waals surface area contributed by atoms with Crippen molar-refractivity contribution in [3.63, 3.8) is 0 Å². The molecule has 4 nitrogen and oxygen atoms in total. The van der Waals surface area contributed by atoms with E-state index in [9.17, 15) is 9.59 Å². The van der Waals surface area contributed by atoms with Crippen molar-refractivity contribution in [2.24, 2.45) is 0 Å². The molecule has 0 amide bonds. The highest BCUT2D eigenvalue weighted by Gasteiger charge is 1.94. The Bertz CT molecular complexity index is 459. The first-order valence-electron chi connectivity index (χ1n) is 9.16. The molecule has 0 saturated carbocycles. The van der Waals surface area contributed by atoms with Crippen LogP contribution in [0, 0.1) is 0 Å². The zero-order chi connectivity index (χ0) is 18.6. The van der Waals surface area contributed by atoms with Crippen molar-refractivity contribution in [1.82, 2.24) is 0 Å². The third-order valence-corrected chi connectivity index (χ3v) is 3.51. The van der Waals surface area contributed by atoms with E-state index in [2.05, 4.69) is 42.5 Å². The summed E-state index contributed by atoms with van der Waals surface area (Å²) in [5, 5.41) is 17.0. The summed E-state index contributed by atoms with van der Waals surface area (Å²) in [4.78, 5) is 20.7. The SMILES string of the molecule is O=C(O)CCC/C=C\C/C=C\C/C=C\C/C=C\CCCCCC(=O)O. The summed E-state index contributed by atoms with van der Waals surface area (Å²) in [6, 6.07) is 0. The fourth-order valence-corrected chi connectivity index (χ4v) is 2.14. The molecule has 0 aliphatic heterocycles. The number of carboxylic acids is 2. The highest BCUT2D eigenvalue weighted by Crippen LogP contribution is 2.04. The molecular weight excluding hydrogens is 316 g/mol. The van der Waals surface area contributed by atoms with E-state index >= 15 is 0 Å². The highest BCUT2D eigenvalue weighted by molar-refractivity contribution is 5.66. The maximum Gasteiger partial charge on any atom is 0.303 e. The van der Waals surface area contributed by atoms with Crippen molar-refractivity contribution in [1.29, 1.82) is 0 Å². The number of rotatable bonds is 16. The average Bonchev–Trinajstić information content (AvgIpc) is 2.56. The van der Waals surface area contributed by atoms with Crippen LogP contribution in [0.5, 0.6) is 0 Å². The van der Waals surface area contributed by atoms with Crippen LogP contribution < -0.4 is 0 Å². The van der Waals surface area contributed by atoms with Crippen LogP contribution in [0.25, 0.3) is 0 Å². The van der Waals surface area contributed by atoms with E-state index in [0.717, 1.165) is 51.4 Å². The molecule has 0 aromatic carbocycles. The molecule has 0 saturated heterocycles. The fraction of sp³-hybridized carbons (Fsp3) is 0.524. The topological polar surface area (TPSA) is 74.6 Å². The van der Waals surface area contributed by atoms with Gasteiger partial charge < -0.3 is 10.2 Å². The predicted molar refractivity (Wildman–Crippen MR) is 103 cm³/mol. The van der Waals surface area contributed by atoms with Crippen molar-refractivity contribution in [3.05, 3.63) is 48.6 Å². The molecule has 0 aromatic rings. The quantitative estimate of drug-likeness (QED) is 0.278. The highest BCUT2D eigenvalue weighted by atomic mass is 16.4. The number of hydrogen-bond acceptors (Lipinski definition) is 2. The Balaban J connectivity index is 3.41. The zero-order valence-corrected chi connectivity index (χ0v) is 15.1. The molecule has 25 heavy (non-hydrogen) atoms. The first kappa shape index (κ1) is 22.9. The minimum atomic E-state index is -0.731. The Labute approximate surface area is 151 Å². The van der Waals surface area contributed by atoms with Gasteiger partial charge in [-0.25, -0.2) is 0 Å². The molecule has 0 atom stereocenters. The summed E-state index contributed by atoms with van der Waals surface area (Å²) in [5.74, 6) is -1.44. The van der Waals surface area contributed by atoms with Crippen LogP contribution in [0.15, 0.2) is 48.6 Å². The summed E-state index contributed by atoms with van der Waals surface area (Å²) < 4.78 is 0. The van der Waals surface area contributed by atoms with Gasteiger partial charge in [0.15, 0.2) is 0 Å². The van der Waals surface area contributed by atoms with Crippen molar-refractivity contribution < 1.29 is 19.8 Å². The lowest BCUT2D eigenvalue weighted by Gasteiger charge is -1.94. The van der Waals surface area contributed by atoms with E-state index in [1.54, 1.807) is 0 Å². The van der Waals surface area contributed by atoms with Crippen LogP contribution in [0.1, 0.15) is 70.6 Å². The van der Waals surface area contributed by atoms with Crippen LogP contribution in [0.4, 0.5) is 0 Å². The van der Waals surface area contributed by atoms with Crippen molar-refractivity contribution in [2.75, 3.05) is 0 Å². The van der Waals surface area contributed by atoms with E-state index in [-0.39, 0.29) is 12.8 Å². The van der Waals surface area contributed by atoms with Gasteiger partial charge in [-0.2, -0.15) is 0 Å². The standard InChI is InChI=1S/C21H32O4/c22-20(23)18-16-14-12-10-8-6-4-2-1-3-5-7-9-11-13-15-17-19-21(24)25/h1-2,5-8,11,13H,3-4,9-10,12,14-19H2,(H,22,23)(H,24,25)/b2-1-,7-5-,8-6-,13-11-. The van der Waals surface area contributed by atoms with Crippen LogP contribution in [-0.4, -0.2) is 22.2 Å². The Morgan fingerprint density at radius 2 is 0.920 bits per heavy atom. The van der Waals surface area contributed by atoms with Gasteiger partial charge >= 0.3 is 11.9 Å². The Hall–Kier alpha value is -2.10. The molecule has 0 heterocycles. The molecule has 0 radical (unpaired) electrons. The van der Waals surface area contributed by atoms with E-state index < -0.39 is 11.9 Å². The van der Waals surface area contributed by atoms with Crippen molar-refractivity contribution in [2.45, 2.75) is 70.6 Å². The molecule has 0 bridgehead atoms. The molecule has 0 aromatic heterocycles. The molecule has 0 aliphatic carbocycles. The van der Waals surface area contributed by atoms with Gasteiger partial charge in [0, 0.05) is 12.8 Å². The van der Waals surface area contributed by atoms with E-state index in [1.807, 2.05) is 6.08 Å². The lowest BCUT2D eigenvalue weighted by Crippen LogP contribution is -1.93. The van der Waals surface area contributed by atoms with Gasteiger partial charge in [0.1, 0.15) is 0 Å². The second-order valence-corrected chi connectivity index (χ2v) is 5.87. The maximum atomic E-state index is 10.3. The molecular formula is C21H32O4. The Kier molecular flexibility index (Phi) is 16.7. The van der Waals surface area contributed by atoms with Crippen molar-refractivity contribution in [3.8, 4) is 0 Å². The number of carboxylic acid groups (broad SMARTS) is 2. The third kappa shape index (κ3) is 21.9. The maximum absolute atomic E-state index is 10.3. The summed E-state index contributed by atoms with van der Waals surface area (Å²) >= 11 is 0. The molecule has 0 rings (SSSR count). The molecule has 140 valence electrons. The molecule has 2 N–H and O–H groups in total. The summed E-state index contributed by atoms with van der Waals surface area (Å²) in [6.07, 6.45) is 25.6. The normalized spacial score (nSPS) is 12.2. The number of unbranched alkanes of at least 4 members (excludes halogenated alkanes) is 4. The summed E-state index contributed by atoms with van der Waals surface area (Å²) in [6.45, 7) is 0. The number of allylic oxidation sites excluding steroid dienone is 8. The number of carbonyl (C=O) groups is 2. The second-order valence-electron chi connectivity index (χ2n) is 5.87. The Morgan fingerprint density at radius 1 is 0.520 bits per heavy atom. The van der Waals surface area contributed by atoms with E-state index in [1.165, 1.54) is 0 Å². The zero-order valence-electron chi connectivity index (χ0n) is 15.1. The van der Waals surface area contributed by atoms with Gasteiger partial charge in [-0.1, -0.05) is 55.0 Å². The smallest absolute Gasteiger partial charge is 0.303 e. The van der Waals surface area contributed by atoms with Gasteiger partial charge in [-0.3, -0.25) is 9.59 Å². The Morgan fingerprint density at radius 3 is 1.40 bits per heavy atom. The molecule has 4 heteroatoms. The van der Waals surface area contributed by atoms with Gasteiger partial charge in [0.2, 0.25) is 0 Å². The number of aliphatic carboxylic acids is 2. The van der Waals surface area contributed by atoms with Crippen LogP contribution in [-0.2, 0) is 9.59 Å². The first-order valence-corrected chi connectivity index (χ1v) is 9.16. The largest absolute Gasteiger partial charge is 0.481 e. The van der Waals surface area contributed by atoms with Gasteiger partial charge in [-0.05, 0) is 51.4 Å². The molecule has 0 fully saturated rings. The summed E-state index contributed by atoms with van der Waals surface area (Å²) in [7, 11) is 0. The van der Waals surface area contributed by atoms with Gasteiger partial charge in [0.25, 0.3) is 0 Å². The van der Waals surface area contributed by atoms with Gasteiger partial charge in [0.05, 0.1) is 0 Å². The average molecular weight is 348 g/mol. The lowest BCUT2D eigenvalue weighted by atomic mass is 10.1. The molecule has 0 unspecified atom stereocenters. The monoisotopic (exact) mass is 348 g/mol. The van der Waals surface area contributed by atoms with Crippen LogP contribution in [0.3, 0.4) is 0 Å². The predicted octanol–water partition coefficient (Wildman–Crippen LogP) is 5.67. The number of hydrogen-bond donors (Lipinski definition) is 2. The molecule has 0 spiro atoms. The molecule has 0 aliphatic rings. The minimum Gasteiger partial charge on any atom is -0.481 e. The summed E-state index contributed by atoms with van der Waals surface area (Å²) in [5.41, 5.74) is 0. The van der Waals surface area contributed by atoms with Crippen LogP contribution >= 0.6 is 0 Å². The van der Waals surface area contributed by atoms with E-state index in [0.29, 0.717) is 6.42 Å². The van der Waals surface area contributed by atoms with Crippen LogP contribution in [0.2, 0.25) is 0 Å². The fourth-order valence-electron chi connectivity index (χ4n) is 2.14. The third-order valence-electron chi connectivity index (χ3n) is 3.51. The van der Waals surface area contributed by atoms with E-state index in [4.69, 9.17) is 10.2 Å². The minimum absolute atomic E-state index is 0.240. The lowest BCUT2D eigenvalue weighted by molar-refractivity contribution is -0.138. The first-order chi connectivity index (χ1) is 12.1.